The second-order valence-electron chi connectivity index (χ2n) is 4.98. The minimum absolute atomic E-state index is 0.0161. The molecule has 0 aromatic heterocycles. The molecule has 0 saturated heterocycles. The van der Waals surface area contributed by atoms with Crippen LogP contribution in [0.15, 0.2) is 36.4 Å². The molecule has 0 heterocycles. The van der Waals surface area contributed by atoms with Crippen LogP contribution in [0, 0.1) is 13.8 Å². The smallest absolute Gasteiger partial charge is 0.119 e. The fourth-order valence-electron chi connectivity index (χ4n) is 2.79. The van der Waals surface area contributed by atoms with E-state index in [2.05, 4.69) is 6.92 Å². The predicted molar refractivity (Wildman–Crippen MR) is 77.8 cm³/mol. The molecular weight excluding hydrogens is 236 g/mol. The molecule has 2 rings (SSSR count). The van der Waals surface area contributed by atoms with E-state index in [0.717, 1.165) is 28.7 Å². The van der Waals surface area contributed by atoms with E-state index in [1.165, 1.54) is 0 Å². The highest BCUT2D eigenvalue weighted by Crippen LogP contribution is 2.40. The van der Waals surface area contributed by atoms with Gasteiger partial charge in [-0.2, -0.15) is 0 Å². The Kier molecular flexibility index (Phi) is 3.79. The van der Waals surface area contributed by atoms with Gasteiger partial charge in [-0.3, -0.25) is 0 Å². The molecule has 0 atom stereocenters. The van der Waals surface area contributed by atoms with Gasteiger partial charge in [-0.05, 0) is 43.5 Å². The standard InChI is InChI=1S/C17H20O2/c1-4-13(16-11(2)7-5-9-14(16)18)17-12(3)8-6-10-15(17)19/h5-10,13,18-19H,4H2,1-3H3. The van der Waals surface area contributed by atoms with E-state index in [1.54, 1.807) is 12.1 Å². The van der Waals surface area contributed by atoms with E-state index in [0.29, 0.717) is 11.5 Å². The number of hydrogen-bond donors (Lipinski definition) is 2. The Balaban J connectivity index is 2.64. The Labute approximate surface area is 114 Å². The number of aryl methyl sites for hydroxylation is 2. The molecule has 2 heteroatoms. The van der Waals surface area contributed by atoms with Crippen molar-refractivity contribution in [2.24, 2.45) is 0 Å². The van der Waals surface area contributed by atoms with E-state index < -0.39 is 0 Å². The molecule has 0 aliphatic carbocycles. The zero-order valence-electron chi connectivity index (χ0n) is 11.6. The Morgan fingerprint density at radius 2 is 1.26 bits per heavy atom. The molecule has 2 nitrogen and oxygen atoms in total. The zero-order valence-corrected chi connectivity index (χ0v) is 11.6. The monoisotopic (exact) mass is 256 g/mol. The summed E-state index contributed by atoms with van der Waals surface area (Å²) in [6.45, 7) is 6.06. The molecule has 0 spiro atoms. The molecule has 2 aromatic carbocycles. The molecule has 2 aromatic rings. The lowest BCUT2D eigenvalue weighted by Gasteiger charge is -2.22. The topological polar surface area (TPSA) is 40.5 Å². The van der Waals surface area contributed by atoms with Crippen molar-refractivity contribution < 1.29 is 10.2 Å². The van der Waals surface area contributed by atoms with Crippen molar-refractivity contribution in [1.29, 1.82) is 0 Å². The van der Waals surface area contributed by atoms with Crippen molar-refractivity contribution in [2.75, 3.05) is 0 Å². The van der Waals surface area contributed by atoms with Gasteiger partial charge in [0.15, 0.2) is 0 Å². The lowest BCUT2D eigenvalue weighted by molar-refractivity contribution is 0.451. The normalized spacial score (nSPS) is 10.9. The summed E-state index contributed by atoms with van der Waals surface area (Å²) in [5.74, 6) is 0.617. The highest BCUT2D eigenvalue weighted by atomic mass is 16.3. The number of benzene rings is 2. The Bertz CT molecular complexity index is 496. The first-order valence-electron chi connectivity index (χ1n) is 6.63. The van der Waals surface area contributed by atoms with Gasteiger partial charge < -0.3 is 10.2 Å². The average Bonchev–Trinajstić information content (AvgIpc) is 2.36. The van der Waals surface area contributed by atoms with Gasteiger partial charge in [0.1, 0.15) is 11.5 Å². The maximum atomic E-state index is 10.2. The quantitative estimate of drug-likeness (QED) is 0.861. The number of aromatic hydroxyl groups is 2. The molecule has 19 heavy (non-hydrogen) atoms. The molecule has 0 radical (unpaired) electrons. The van der Waals surface area contributed by atoms with Crippen LogP contribution in [0.25, 0.3) is 0 Å². The highest BCUT2D eigenvalue weighted by Gasteiger charge is 2.22. The Hall–Kier alpha value is -1.96. The van der Waals surface area contributed by atoms with Gasteiger partial charge in [0.05, 0.1) is 0 Å². The van der Waals surface area contributed by atoms with E-state index in [1.807, 2.05) is 38.1 Å². The molecule has 100 valence electrons. The van der Waals surface area contributed by atoms with Crippen LogP contribution in [0.5, 0.6) is 11.5 Å². The van der Waals surface area contributed by atoms with Crippen LogP contribution in [0.3, 0.4) is 0 Å². The molecule has 0 aliphatic heterocycles. The summed E-state index contributed by atoms with van der Waals surface area (Å²) in [6, 6.07) is 11.1. The second-order valence-corrected chi connectivity index (χ2v) is 4.98. The lowest BCUT2D eigenvalue weighted by atomic mass is 9.83. The molecule has 2 N–H and O–H groups in total. The van der Waals surface area contributed by atoms with Gasteiger partial charge in [-0.15, -0.1) is 0 Å². The van der Waals surface area contributed by atoms with E-state index in [9.17, 15) is 10.2 Å². The molecule has 0 aliphatic rings. The first-order chi connectivity index (χ1) is 9.06. The minimum atomic E-state index is 0.0161. The summed E-state index contributed by atoms with van der Waals surface area (Å²) in [4.78, 5) is 0. The van der Waals surface area contributed by atoms with Gasteiger partial charge in [0, 0.05) is 17.0 Å². The van der Waals surface area contributed by atoms with E-state index >= 15 is 0 Å². The van der Waals surface area contributed by atoms with Crippen LogP contribution in [0.2, 0.25) is 0 Å². The highest BCUT2D eigenvalue weighted by molar-refractivity contribution is 5.51. The van der Waals surface area contributed by atoms with Crippen molar-refractivity contribution in [3.05, 3.63) is 58.7 Å². The second kappa shape index (κ2) is 5.35. The van der Waals surface area contributed by atoms with Crippen molar-refractivity contribution in [3.63, 3.8) is 0 Å². The summed E-state index contributed by atoms with van der Waals surface area (Å²) in [7, 11) is 0. The van der Waals surface area contributed by atoms with Crippen molar-refractivity contribution in [3.8, 4) is 11.5 Å². The third-order valence-corrected chi connectivity index (χ3v) is 3.71. The number of phenolic OH excluding ortho intramolecular Hbond substituents is 2. The van der Waals surface area contributed by atoms with Crippen LogP contribution in [0.1, 0.15) is 41.5 Å². The van der Waals surface area contributed by atoms with Crippen LogP contribution >= 0.6 is 0 Å². The number of hydrogen-bond acceptors (Lipinski definition) is 2. The summed E-state index contributed by atoms with van der Waals surface area (Å²) in [5, 5.41) is 20.3. The van der Waals surface area contributed by atoms with Crippen LogP contribution < -0.4 is 0 Å². The third-order valence-electron chi connectivity index (χ3n) is 3.71. The van der Waals surface area contributed by atoms with Gasteiger partial charge in [-0.25, -0.2) is 0 Å². The lowest BCUT2D eigenvalue weighted by Crippen LogP contribution is -2.05. The fourth-order valence-corrected chi connectivity index (χ4v) is 2.79. The maximum Gasteiger partial charge on any atom is 0.119 e. The third kappa shape index (κ3) is 2.43. The van der Waals surface area contributed by atoms with Crippen molar-refractivity contribution in [1.82, 2.24) is 0 Å². The SMILES string of the molecule is CCC(c1c(C)cccc1O)c1c(C)cccc1O. The molecule has 0 amide bonds. The van der Waals surface area contributed by atoms with Crippen LogP contribution in [-0.2, 0) is 0 Å². The maximum absolute atomic E-state index is 10.2. The van der Waals surface area contributed by atoms with Crippen molar-refractivity contribution in [2.45, 2.75) is 33.1 Å². The molecular formula is C17H20O2. The average molecular weight is 256 g/mol. The first-order valence-corrected chi connectivity index (χ1v) is 6.63. The van der Waals surface area contributed by atoms with E-state index in [-0.39, 0.29) is 5.92 Å². The number of rotatable bonds is 3. The van der Waals surface area contributed by atoms with E-state index in [4.69, 9.17) is 0 Å². The summed E-state index contributed by atoms with van der Waals surface area (Å²) < 4.78 is 0. The summed E-state index contributed by atoms with van der Waals surface area (Å²) >= 11 is 0. The zero-order chi connectivity index (χ0) is 14.0. The molecule has 0 bridgehead atoms. The predicted octanol–water partition coefficient (Wildman–Crippen LogP) is 4.26. The largest absolute Gasteiger partial charge is 0.508 e. The van der Waals surface area contributed by atoms with Gasteiger partial charge in [0.2, 0.25) is 0 Å². The fraction of sp³-hybridized carbons (Fsp3) is 0.294. The van der Waals surface area contributed by atoms with Crippen LogP contribution in [0.4, 0.5) is 0 Å². The first kappa shape index (κ1) is 13.5. The van der Waals surface area contributed by atoms with Crippen LogP contribution in [-0.4, -0.2) is 10.2 Å². The summed E-state index contributed by atoms with van der Waals surface area (Å²) in [5.41, 5.74) is 3.92. The van der Waals surface area contributed by atoms with Gasteiger partial charge >= 0.3 is 0 Å². The van der Waals surface area contributed by atoms with Gasteiger partial charge in [0.25, 0.3) is 0 Å². The number of phenols is 2. The summed E-state index contributed by atoms with van der Waals surface area (Å²) in [6.07, 6.45) is 0.830. The molecule has 0 fully saturated rings. The minimum Gasteiger partial charge on any atom is -0.508 e. The molecule has 0 unspecified atom stereocenters. The van der Waals surface area contributed by atoms with Crippen molar-refractivity contribution >= 4 is 0 Å². The van der Waals surface area contributed by atoms with Gasteiger partial charge in [-0.1, -0.05) is 31.2 Å². The molecule has 0 saturated carbocycles. The Morgan fingerprint density at radius 1 is 0.842 bits per heavy atom. The Morgan fingerprint density at radius 3 is 1.58 bits per heavy atom.